The van der Waals surface area contributed by atoms with Crippen LogP contribution in [0.25, 0.3) is 0 Å². The van der Waals surface area contributed by atoms with Gasteiger partial charge in [0.2, 0.25) is 5.91 Å². The predicted molar refractivity (Wildman–Crippen MR) is 68.6 cm³/mol. The quantitative estimate of drug-likeness (QED) is 0.837. The Hall–Kier alpha value is -1.78. The van der Waals surface area contributed by atoms with E-state index in [1.165, 1.54) is 6.07 Å². The van der Waals surface area contributed by atoms with E-state index in [4.69, 9.17) is 5.11 Å². The molecule has 0 saturated carbocycles. The first-order valence-electron chi connectivity index (χ1n) is 6.01. The van der Waals surface area contributed by atoms with Crippen molar-refractivity contribution >= 4 is 11.9 Å². The molecule has 0 aromatic carbocycles. The van der Waals surface area contributed by atoms with Crippen LogP contribution >= 0.6 is 0 Å². The highest BCUT2D eigenvalue weighted by atomic mass is 16.4. The van der Waals surface area contributed by atoms with Crippen molar-refractivity contribution in [3.63, 3.8) is 0 Å². The van der Waals surface area contributed by atoms with Gasteiger partial charge in [0, 0.05) is 17.9 Å². The summed E-state index contributed by atoms with van der Waals surface area (Å²) in [6, 6.07) is 1.61. The van der Waals surface area contributed by atoms with Gasteiger partial charge in [-0.25, -0.2) is 4.79 Å². The summed E-state index contributed by atoms with van der Waals surface area (Å²) in [6.45, 7) is 7.87. The first-order valence-corrected chi connectivity index (χ1v) is 6.01. The summed E-state index contributed by atoms with van der Waals surface area (Å²) in [7, 11) is 0. The topological polar surface area (TPSA) is 71.3 Å². The van der Waals surface area contributed by atoms with Gasteiger partial charge in [0.15, 0.2) is 0 Å². The number of aromatic carboxylic acids is 1. The van der Waals surface area contributed by atoms with E-state index in [1.54, 1.807) is 17.7 Å². The first-order chi connectivity index (χ1) is 8.32. The number of carboxylic acid groups (broad SMARTS) is 1. The van der Waals surface area contributed by atoms with Crippen molar-refractivity contribution < 1.29 is 14.7 Å². The van der Waals surface area contributed by atoms with Crippen LogP contribution in [-0.2, 0) is 11.3 Å². The van der Waals surface area contributed by atoms with Crippen LogP contribution in [0.5, 0.6) is 0 Å². The second-order valence-corrected chi connectivity index (χ2v) is 4.85. The molecule has 0 bridgehead atoms. The van der Waals surface area contributed by atoms with Crippen molar-refractivity contribution in [2.24, 2.45) is 5.92 Å². The Kier molecular flexibility index (Phi) is 4.53. The van der Waals surface area contributed by atoms with Crippen LogP contribution in [0.3, 0.4) is 0 Å². The van der Waals surface area contributed by atoms with Crippen LogP contribution in [0.15, 0.2) is 12.3 Å². The molecule has 0 spiro atoms. The maximum Gasteiger partial charge on any atom is 0.337 e. The van der Waals surface area contributed by atoms with Crippen LogP contribution in [0, 0.1) is 12.8 Å². The first kappa shape index (κ1) is 14.3. The summed E-state index contributed by atoms with van der Waals surface area (Å²) in [5.41, 5.74) is 0.828. The predicted octanol–water partition coefficient (Wildman–Crippen LogP) is 1.66. The normalized spacial score (nSPS) is 12.5. The number of hydrogen-bond donors (Lipinski definition) is 2. The molecule has 1 rings (SSSR count). The van der Waals surface area contributed by atoms with Gasteiger partial charge >= 0.3 is 5.97 Å². The summed E-state index contributed by atoms with van der Waals surface area (Å²) in [6.07, 6.45) is 1.62. The Morgan fingerprint density at radius 3 is 2.44 bits per heavy atom. The summed E-state index contributed by atoms with van der Waals surface area (Å²) in [4.78, 5) is 22.7. The maximum atomic E-state index is 11.8. The minimum absolute atomic E-state index is 0.104. The second kappa shape index (κ2) is 5.71. The molecule has 1 aromatic heterocycles. The van der Waals surface area contributed by atoms with Crippen molar-refractivity contribution in [2.45, 2.75) is 40.3 Å². The largest absolute Gasteiger partial charge is 0.478 e. The highest BCUT2D eigenvalue weighted by Gasteiger charge is 2.15. The van der Waals surface area contributed by atoms with Crippen LogP contribution in [-0.4, -0.2) is 27.6 Å². The molecule has 100 valence electrons. The average Bonchev–Trinajstić information content (AvgIpc) is 2.60. The van der Waals surface area contributed by atoms with Gasteiger partial charge in [-0.2, -0.15) is 0 Å². The maximum absolute atomic E-state index is 11.8. The molecule has 1 atom stereocenters. The van der Waals surface area contributed by atoms with E-state index in [2.05, 4.69) is 5.32 Å². The Balaban J connectivity index is 2.68. The Morgan fingerprint density at radius 1 is 1.39 bits per heavy atom. The van der Waals surface area contributed by atoms with Gasteiger partial charge < -0.3 is 15.0 Å². The smallest absolute Gasteiger partial charge is 0.337 e. The number of nitrogens with zero attached hydrogens (tertiary/aromatic N) is 1. The molecule has 1 amide bonds. The van der Waals surface area contributed by atoms with Gasteiger partial charge in [-0.05, 0) is 25.8 Å². The van der Waals surface area contributed by atoms with Crippen molar-refractivity contribution in [3.05, 3.63) is 23.5 Å². The molecule has 5 nitrogen and oxygen atoms in total. The molecule has 0 radical (unpaired) electrons. The zero-order valence-corrected chi connectivity index (χ0v) is 11.2. The highest BCUT2D eigenvalue weighted by Crippen LogP contribution is 2.10. The van der Waals surface area contributed by atoms with Gasteiger partial charge in [-0.1, -0.05) is 13.8 Å². The molecule has 18 heavy (non-hydrogen) atoms. The SMILES string of the molecule is Cc1c(C(=O)O)ccn1CC(=O)NC(C)C(C)C. The third-order valence-electron chi connectivity index (χ3n) is 3.17. The Morgan fingerprint density at radius 2 is 2.00 bits per heavy atom. The van der Waals surface area contributed by atoms with Crippen LogP contribution in [0.1, 0.15) is 36.8 Å². The summed E-state index contributed by atoms with van der Waals surface area (Å²) in [5.74, 6) is -0.705. The fourth-order valence-electron chi connectivity index (χ4n) is 1.57. The molecular weight excluding hydrogens is 232 g/mol. The minimum atomic E-state index is -0.970. The average molecular weight is 252 g/mol. The van der Waals surface area contributed by atoms with Gasteiger partial charge in [0.05, 0.1) is 5.56 Å². The molecule has 5 heteroatoms. The number of aromatic nitrogens is 1. The molecule has 0 saturated heterocycles. The molecule has 1 heterocycles. The summed E-state index contributed by atoms with van der Waals surface area (Å²) < 4.78 is 1.64. The number of carbonyl (C=O) groups excluding carboxylic acids is 1. The lowest BCUT2D eigenvalue weighted by Gasteiger charge is -2.18. The van der Waals surface area contributed by atoms with Crippen LogP contribution < -0.4 is 5.32 Å². The lowest BCUT2D eigenvalue weighted by molar-refractivity contribution is -0.122. The molecule has 0 aliphatic heterocycles. The van der Waals surface area contributed by atoms with Gasteiger partial charge in [0.25, 0.3) is 0 Å². The van der Waals surface area contributed by atoms with Crippen LogP contribution in [0.2, 0.25) is 0 Å². The van der Waals surface area contributed by atoms with E-state index in [9.17, 15) is 9.59 Å². The summed E-state index contributed by atoms with van der Waals surface area (Å²) in [5, 5.41) is 11.8. The molecule has 2 N–H and O–H groups in total. The van der Waals surface area contributed by atoms with E-state index in [1.807, 2.05) is 20.8 Å². The zero-order chi connectivity index (χ0) is 13.9. The van der Waals surface area contributed by atoms with E-state index in [0.717, 1.165) is 0 Å². The molecular formula is C13H20N2O3. The summed E-state index contributed by atoms with van der Waals surface area (Å²) >= 11 is 0. The van der Waals surface area contributed by atoms with Gasteiger partial charge in [-0.3, -0.25) is 4.79 Å². The van der Waals surface area contributed by atoms with E-state index in [0.29, 0.717) is 11.6 Å². The number of hydrogen-bond acceptors (Lipinski definition) is 2. The lowest BCUT2D eigenvalue weighted by atomic mass is 10.1. The van der Waals surface area contributed by atoms with Crippen molar-refractivity contribution in [3.8, 4) is 0 Å². The second-order valence-electron chi connectivity index (χ2n) is 4.85. The third-order valence-corrected chi connectivity index (χ3v) is 3.17. The molecule has 1 aromatic rings. The number of carboxylic acids is 1. The monoisotopic (exact) mass is 252 g/mol. The molecule has 0 aliphatic carbocycles. The van der Waals surface area contributed by atoms with E-state index >= 15 is 0 Å². The number of carbonyl (C=O) groups is 2. The lowest BCUT2D eigenvalue weighted by Crippen LogP contribution is -2.38. The molecule has 1 unspecified atom stereocenters. The van der Waals surface area contributed by atoms with Crippen LogP contribution in [0.4, 0.5) is 0 Å². The number of nitrogens with one attached hydrogen (secondary N) is 1. The zero-order valence-electron chi connectivity index (χ0n) is 11.2. The fraction of sp³-hybridized carbons (Fsp3) is 0.538. The van der Waals surface area contributed by atoms with E-state index < -0.39 is 5.97 Å². The van der Waals surface area contributed by atoms with Gasteiger partial charge in [0.1, 0.15) is 6.54 Å². The van der Waals surface area contributed by atoms with Crippen molar-refractivity contribution in [1.29, 1.82) is 0 Å². The fourth-order valence-corrected chi connectivity index (χ4v) is 1.57. The Labute approximate surface area is 107 Å². The van der Waals surface area contributed by atoms with Gasteiger partial charge in [-0.15, -0.1) is 0 Å². The highest BCUT2D eigenvalue weighted by molar-refractivity contribution is 5.89. The minimum Gasteiger partial charge on any atom is -0.478 e. The van der Waals surface area contributed by atoms with E-state index in [-0.39, 0.29) is 24.1 Å². The Bertz CT molecular complexity index is 449. The van der Waals surface area contributed by atoms with Crippen molar-refractivity contribution in [2.75, 3.05) is 0 Å². The molecule has 0 fully saturated rings. The number of rotatable bonds is 5. The number of amides is 1. The van der Waals surface area contributed by atoms with Crippen molar-refractivity contribution in [1.82, 2.24) is 9.88 Å². The standard InChI is InChI=1S/C13H20N2O3/c1-8(2)9(3)14-12(16)7-15-6-5-11(10(15)4)13(17)18/h5-6,8-9H,7H2,1-4H3,(H,14,16)(H,17,18). The molecule has 0 aliphatic rings. The third kappa shape index (κ3) is 3.35.